The van der Waals surface area contributed by atoms with Crippen molar-refractivity contribution < 1.29 is 25.2 Å². The summed E-state index contributed by atoms with van der Waals surface area (Å²) in [5, 5.41) is 43.2. The van der Waals surface area contributed by atoms with E-state index in [1.54, 1.807) is 0 Å². The molecule has 8 heteroatoms. The third-order valence-electron chi connectivity index (χ3n) is 6.18. The van der Waals surface area contributed by atoms with Gasteiger partial charge in [0.2, 0.25) is 0 Å². The first-order valence-corrected chi connectivity index (χ1v) is 9.38. The molecule has 144 valence electrons. The van der Waals surface area contributed by atoms with Gasteiger partial charge in [-0.3, -0.25) is 4.98 Å². The van der Waals surface area contributed by atoms with Crippen LogP contribution in [0.2, 0.25) is 0 Å². The SMILES string of the molecule is OC[C@H]1OC(c2cnc3cc4c(cc3n2)C2CNCC4C2)[C@H](O)[C@@H](O)[C@@H]1O. The van der Waals surface area contributed by atoms with Crippen molar-refractivity contribution >= 4 is 11.0 Å². The van der Waals surface area contributed by atoms with E-state index in [2.05, 4.69) is 27.4 Å². The minimum atomic E-state index is -1.43. The highest BCUT2D eigenvalue weighted by molar-refractivity contribution is 5.77. The maximum Gasteiger partial charge on any atom is 0.130 e. The van der Waals surface area contributed by atoms with Gasteiger partial charge in [0.15, 0.2) is 0 Å². The van der Waals surface area contributed by atoms with E-state index in [0.29, 0.717) is 17.5 Å². The Morgan fingerprint density at radius 3 is 2.41 bits per heavy atom. The molecule has 5 N–H and O–H groups in total. The van der Waals surface area contributed by atoms with E-state index in [1.807, 2.05) is 0 Å². The number of nitrogens with zero attached hydrogens (tertiary/aromatic N) is 2. The molecule has 8 nitrogen and oxygen atoms in total. The van der Waals surface area contributed by atoms with Gasteiger partial charge in [0.05, 0.1) is 29.5 Å². The van der Waals surface area contributed by atoms with E-state index in [9.17, 15) is 20.4 Å². The van der Waals surface area contributed by atoms with Gasteiger partial charge in [0.1, 0.15) is 30.5 Å². The number of aromatic nitrogens is 2. The Morgan fingerprint density at radius 2 is 1.70 bits per heavy atom. The zero-order chi connectivity index (χ0) is 18.7. The topological polar surface area (TPSA) is 128 Å². The zero-order valence-corrected chi connectivity index (χ0v) is 14.7. The molecule has 3 aliphatic rings. The maximum absolute atomic E-state index is 10.3. The highest BCUT2D eigenvalue weighted by Gasteiger charge is 2.44. The summed E-state index contributed by atoms with van der Waals surface area (Å²) in [6.07, 6.45) is -3.41. The van der Waals surface area contributed by atoms with Gasteiger partial charge in [-0.1, -0.05) is 0 Å². The lowest BCUT2D eigenvalue weighted by Crippen LogP contribution is -2.55. The standard InChI is InChI=1S/C19H23N3O5/c23-7-15-16(24)17(25)18(26)19(27-15)14-6-21-12-2-10-8-1-9(5-20-4-8)11(10)3-13(12)22-14/h2-3,6,8-9,15-20,23-26H,1,4-5,7H2/t8?,9?,15-,16-,17+,18-,19?/m1/s1. The maximum atomic E-state index is 10.3. The molecule has 1 aliphatic carbocycles. The van der Waals surface area contributed by atoms with Crippen molar-refractivity contribution in [1.82, 2.24) is 15.3 Å². The molecule has 2 fully saturated rings. The first-order valence-electron chi connectivity index (χ1n) is 9.38. The number of aliphatic hydroxyl groups is 4. The van der Waals surface area contributed by atoms with Crippen LogP contribution in [0.4, 0.5) is 0 Å². The summed E-state index contributed by atoms with van der Waals surface area (Å²) >= 11 is 0. The second-order valence-corrected chi connectivity index (χ2v) is 7.80. The molecule has 0 amide bonds. The largest absolute Gasteiger partial charge is 0.394 e. The number of hydrogen-bond acceptors (Lipinski definition) is 8. The number of aliphatic hydroxyl groups excluding tert-OH is 4. The number of hydrogen-bond donors (Lipinski definition) is 5. The Hall–Kier alpha value is -1.68. The lowest BCUT2D eigenvalue weighted by Gasteiger charge is -2.39. The monoisotopic (exact) mass is 373 g/mol. The molecule has 27 heavy (non-hydrogen) atoms. The average Bonchev–Trinajstić information content (AvgIpc) is 2.93. The molecule has 3 heterocycles. The van der Waals surface area contributed by atoms with Crippen molar-refractivity contribution in [3.05, 3.63) is 35.2 Å². The van der Waals surface area contributed by atoms with E-state index >= 15 is 0 Å². The highest BCUT2D eigenvalue weighted by atomic mass is 16.5. The molecule has 1 aromatic carbocycles. The minimum Gasteiger partial charge on any atom is -0.394 e. The van der Waals surface area contributed by atoms with Gasteiger partial charge >= 0.3 is 0 Å². The zero-order valence-electron chi connectivity index (χ0n) is 14.7. The lowest BCUT2D eigenvalue weighted by molar-refractivity contribution is -0.232. The van der Waals surface area contributed by atoms with E-state index in [-0.39, 0.29) is 0 Å². The molecule has 2 bridgehead atoms. The van der Waals surface area contributed by atoms with Gasteiger partial charge in [-0.15, -0.1) is 0 Å². The summed E-state index contributed by atoms with van der Waals surface area (Å²) in [4.78, 5) is 9.12. The summed E-state index contributed by atoms with van der Waals surface area (Å²) in [6, 6.07) is 4.18. The summed E-state index contributed by atoms with van der Waals surface area (Å²) in [5.74, 6) is 1.01. The summed E-state index contributed by atoms with van der Waals surface area (Å²) in [6.45, 7) is 1.49. The molecule has 3 unspecified atom stereocenters. The quantitative estimate of drug-likeness (QED) is 0.468. The van der Waals surface area contributed by atoms with Gasteiger partial charge in [0, 0.05) is 13.1 Å². The van der Waals surface area contributed by atoms with Gasteiger partial charge in [-0.05, 0) is 41.5 Å². The second kappa shape index (κ2) is 6.44. The van der Waals surface area contributed by atoms with Crippen molar-refractivity contribution in [2.45, 2.75) is 48.8 Å². The van der Waals surface area contributed by atoms with Crippen LogP contribution in [-0.2, 0) is 4.74 Å². The second-order valence-electron chi connectivity index (χ2n) is 7.80. The number of rotatable bonds is 2. The van der Waals surface area contributed by atoms with Crippen LogP contribution in [0.3, 0.4) is 0 Å². The Kier molecular flexibility index (Phi) is 4.15. The molecule has 2 aromatic rings. The fourth-order valence-corrected chi connectivity index (χ4v) is 4.71. The predicted molar refractivity (Wildman–Crippen MR) is 95.2 cm³/mol. The van der Waals surface area contributed by atoms with Crippen molar-refractivity contribution in [3.63, 3.8) is 0 Å². The molecule has 0 spiro atoms. The average molecular weight is 373 g/mol. The van der Waals surface area contributed by atoms with Gasteiger partial charge in [0.25, 0.3) is 0 Å². The van der Waals surface area contributed by atoms with E-state index in [4.69, 9.17) is 4.74 Å². The van der Waals surface area contributed by atoms with Crippen molar-refractivity contribution in [1.29, 1.82) is 0 Å². The van der Waals surface area contributed by atoms with Gasteiger partial charge in [-0.25, -0.2) is 4.98 Å². The molecule has 7 atom stereocenters. The summed E-state index contributed by atoms with van der Waals surface area (Å²) < 4.78 is 5.60. The van der Waals surface area contributed by atoms with Gasteiger partial charge in [-0.2, -0.15) is 0 Å². The molecule has 2 aliphatic heterocycles. The molecule has 0 saturated carbocycles. The van der Waals surface area contributed by atoms with Crippen LogP contribution in [-0.4, -0.2) is 74.5 Å². The molecule has 1 aromatic heterocycles. The van der Waals surface area contributed by atoms with Crippen LogP contribution in [0.15, 0.2) is 18.3 Å². The first kappa shape index (κ1) is 17.4. The van der Waals surface area contributed by atoms with Crippen LogP contribution < -0.4 is 5.32 Å². The number of fused-ring (bicyclic) bond motifs is 6. The van der Waals surface area contributed by atoms with Crippen LogP contribution in [0.1, 0.15) is 41.2 Å². The Balaban J connectivity index is 1.53. The third kappa shape index (κ3) is 2.67. The first-order chi connectivity index (χ1) is 13.1. The molecule has 5 rings (SSSR count). The minimum absolute atomic E-state index is 0.374. The Labute approximate surface area is 155 Å². The number of nitrogens with one attached hydrogen (secondary N) is 1. The number of piperidine rings is 1. The summed E-state index contributed by atoms with van der Waals surface area (Å²) in [7, 11) is 0. The highest BCUT2D eigenvalue weighted by Crippen LogP contribution is 2.44. The molecular formula is C19H23N3O5. The van der Waals surface area contributed by atoms with Crippen molar-refractivity contribution in [3.8, 4) is 0 Å². The molecule has 0 radical (unpaired) electrons. The van der Waals surface area contributed by atoms with Crippen LogP contribution in [0.5, 0.6) is 0 Å². The van der Waals surface area contributed by atoms with Crippen molar-refractivity contribution in [2.75, 3.05) is 19.7 Å². The summed E-state index contributed by atoms with van der Waals surface area (Å²) in [5.41, 5.74) is 4.52. The number of benzene rings is 1. The fraction of sp³-hybridized carbons (Fsp3) is 0.579. The van der Waals surface area contributed by atoms with Crippen LogP contribution >= 0.6 is 0 Å². The predicted octanol–water partition coefficient (Wildman–Crippen LogP) is -0.681. The normalized spacial score (nSPS) is 38.1. The van der Waals surface area contributed by atoms with E-state index in [0.717, 1.165) is 30.5 Å². The third-order valence-corrected chi connectivity index (χ3v) is 6.18. The fourth-order valence-electron chi connectivity index (χ4n) is 4.71. The van der Waals surface area contributed by atoms with Gasteiger partial charge < -0.3 is 30.5 Å². The van der Waals surface area contributed by atoms with Crippen LogP contribution in [0, 0.1) is 0 Å². The number of ether oxygens (including phenoxy) is 1. The Bertz CT molecular complexity index is 876. The van der Waals surface area contributed by atoms with E-state index < -0.39 is 37.1 Å². The van der Waals surface area contributed by atoms with E-state index in [1.165, 1.54) is 17.3 Å². The lowest BCUT2D eigenvalue weighted by atomic mass is 9.93. The van der Waals surface area contributed by atoms with Crippen molar-refractivity contribution in [2.24, 2.45) is 0 Å². The molecular weight excluding hydrogens is 350 g/mol. The Morgan fingerprint density at radius 1 is 1.00 bits per heavy atom. The molecule has 2 saturated heterocycles. The smallest absolute Gasteiger partial charge is 0.130 e. The van der Waals surface area contributed by atoms with Crippen LogP contribution in [0.25, 0.3) is 11.0 Å².